The van der Waals surface area contributed by atoms with Crippen molar-refractivity contribution in [2.24, 2.45) is 5.73 Å². The number of carbonyl (C=O) groups excluding carboxylic acids is 2. The van der Waals surface area contributed by atoms with Crippen molar-refractivity contribution in [2.45, 2.75) is 25.9 Å². The lowest BCUT2D eigenvalue weighted by Gasteiger charge is -2.39. The van der Waals surface area contributed by atoms with E-state index in [1.54, 1.807) is 55.1 Å². The number of rotatable bonds is 8. The smallest absolute Gasteiger partial charge is 0.327 e. The molecule has 46 heavy (non-hydrogen) atoms. The molecule has 0 aliphatic carbocycles. The fourth-order valence-corrected chi connectivity index (χ4v) is 5.59. The van der Waals surface area contributed by atoms with Gasteiger partial charge in [-0.2, -0.15) is 0 Å². The summed E-state index contributed by atoms with van der Waals surface area (Å²) < 4.78 is 26.2. The predicted molar refractivity (Wildman–Crippen MR) is 175 cm³/mol. The number of ether oxygens (including phenoxy) is 2. The Kier molecular flexibility index (Phi) is 9.63. The number of fused-ring (bicyclic) bond motifs is 1. The summed E-state index contributed by atoms with van der Waals surface area (Å²) in [6.07, 6.45) is 0. The Hall–Kier alpha value is -4.88. The lowest BCUT2D eigenvalue weighted by atomic mass is 10.1. The van der Waals surface area contributed by atoms with Crippen molar-refractivity contribution in [3.8, 4) is 11.5 Å². The van der Waals surface area contributed by atoms with Gasteiger partial charge in [0, 0.05) is 29.9 Å². The van der Waals surface area contributed by atoms with Crippen molar-refractivity contribution in [1.82, 2.24) is 14.6 Å². The highest BCUT2D eigenvalue weighted by Crippen LogP contribution is 2.37. The van der Waals surface area contributed by atoms with E-state index >= 15 is 0 Å². The highest BCUT2D eigenvalue weighted by Gasteiger charge is 2.33. The minimum absolute atomic E-state index is 0.179. The zero-order valence-corrected chi connectivity index (χ0v) is 26.6. The Morgan fingerprint density at radius 1 is 1.00 bits per heavy atom. The second kappa shape index (κ2) is 13.6. The van der Waals surface area contributed by atoms with Gasteiger partial charge in [0.15, 0.2) is 5.82 Å². The van der Waals surface area contributed by atoms with Gasteiger partial charge in [-0.25, -0.2) is 18.8 Å². The summed E-state index contributed by atoms with van der Waals surface area (Å²) in [5, 5.41) is 5.34. The van der Waals surface area contributed by atoms with Gasteiger partial charge in [0.2, 0.25) is 5.91 Å². The normalized spacial score (nSPS) is 14.5. The van der Waals surface area contributed by atoms with Gasteiger partial charge in [-0.3, -0.25) is 14.5 Å². The van der Waals surface area contributed by atoms with Crippen LogP contribution in [-0.4, -0.2) is 72.9 Å². The Labute approximate surface area is 270 Å². The van der Waals surface area contributed by atoms with Crippen LogP contribution in [0.5, 0.6) is 11.5 Å². The van der Waals surface area contributed by atoms with Crippen molar-refractivity contribution >= 4 is 45.8 Å². The van der Waals surface area contributed by atoms with Crippen LogP contribution in [0, 0.1) is 5.82 Å². The van der Waals surface area contributed by atoms with Crippen molar-refractivity contribution in [3.05, 3.63) is 87.7 Å². The third-order valence-electron chi connectivity index (χ3n) is 7.80. The van der Waals surface area contributed by atoms with Crippen LogP contribution < -0.4 is 36.0 Å². The molecule has 5 rings (SSSR count). The molecule has 12 nitrogen and oxygen atoms in total. The number of aromatic nitrogens is 2. The number of amides is 3. The van der Waals surface area contributed by atoms with Gasteiger partial charge < -0.3 is 30.4 Å². The van der Waals surface area contributed by atoms with Gasteiger partial charge in [-0.05, 0) is 68.4 Å². The highest BCUT2D eigenvalue weighted by atomic mass is 35.5. The third kappa shape index (κ3) is 6.56. The minimum atomic E-state index is -0.887. The van der Waals surface area contributed by atoms with Crippen molar-refractivity contribution in [3.63, 3.8) is 0 Å². The molecule has 1 aliphatic heterocycles. The number of hydrogen-bond acceptors (Lipinski definition) is 8. The zero-order valence-electron chi connectivity index (χ0n) is 25.9. The SMILES string of the molecule is COc1ccc(N(C(=O)Nc2ccc(F)cc2)[C@@H](C)c2nc3cc(Cl)ccc3c(=O)n2N2CCN(C(=O)[C@H](C)N)CC2)c(OC)c1. The maximum atomic E-state index is 14.2. The quantitative estimate of drug-likeness (QED) is 0.290. The first kappa shape index (κ1) is 32.5. The van der Waals surface area contributed by atoms with Crippen LogP contribution in [0.25, 0.3) is 10.9 Å². The van der Waals surface area contributed by atoms with Crippen LogP contribution in [0.2, 0.25) is 5.02 Å². The summed E-state index contributed by atoms with van der Waals surface area (Å²) in [5.74, 6) is 0.426. The van der Waals surface area contributed by atoms with E-state index in [1.165, 1.54) is 48.1 Å². The van der Waals surface area contributed by atoms with Gasteiger partial charge in [0.25, 0.3) is 5.56 Å². The maximum Gasteiger partial charge on any atom is 0.327 e. The Balaban J connectivity index is 1.65. The number of piperazine rings is 1. The molecule has 2 atom stereocenters. The molecule has 3 N–H and O–H groups in total. The van der Waals surface area contributed by atoms with Crippen molar-refractivity contribution in [1.29, 1.82) is 0 Å². The van der Waals surface area contributed by atoms with E-state index in [4.69, 9.17) is 31.8 Å². The minimum Gasteiger partial charge on any atom is -0.497 e. The first-order chi connectivity index (χ1) is 22.0. The maximum absolute atomic E-state index is 14.2. The van der Waals surface area contributed by atoms with Crippen LogP contribution in [-0.2, 0) is 4.79 Å². The van der Waals surface area contributed by atoms with E-state index in [0.717, 1.165) is 0 Å². The van der Waals surface area contributed by atoms with Crippen molar-refractivity contribution in [2.75, 3.05) is 55.6 Å². The molecule has 1 aliphatic rings. The Bertz CT molecular complexity index is 1810. The molecule has 0 saturated carbocycles. The number of carbonyl (C=O) groups is 2. The van der Waals surface area contributed by atoms with E-state index in [0.29, 0.717) is 65.0 Å². The molecule has 14 heteroatoms. The van der Waals surface area contributed by atoms with Crippen LogP contribution in [0.3, 0.4) is 0 Å². The van der Waals surface area contributed by atoms with Crippen LogP contribution in [0.15, 0.2) is 65.5 Å². The number of nitrogens with one attached hydrogen (secondary N) is 1. The number of hydrogen-bond donors (Lipinski definition) is 2. The highest BCUT2D eigenvalue weighted by molar-refractivity contribution is 6.31. The standard InChI is InChI=1S/C32H35ClFN7O5/c1-19(35)30(42)38-13-15-39(16-14-38)41-29(37-26-17-21(33)5-11-25(26)31(41)43)20(2)40(27-12-10-24(45-3)18-28(27)46-4)32(44)36-23-8-6-22(34)7-9-23/h5-12,17-20H,13-16,35H2,1-4H3,(H,36,44)/t19-,20-/m0/s1. The average Bonchev–Trinajstić information content (AvgIpc) is 3.05. The van der Waals surface area contributed by atoms with E-state index in [9.17, 15) is 18.8 Å². The Morgan fingerprint density at radius 3 is 2.33 bits per heavy atom. The summed E-state index contributed by atoms with van der Waals surface area (Å²) in [6.45, 7) is 4.66. The molecule has 1 fully saturated rings. The van der Waals surface area contributed by atoms with E-state index in [-0.39, 0.29) is 17.3 Å². The molecule has 2 heterocycles. The first-order valence-corrected chi connectivity index (χ1v) is 15.0. The lowest BCUT2D eigenvalue weighted by molar-refractivity contribution is -0.132. The first-order valence-electron chi connectivity index (χ1n) is 14.6. The molecule has 4 aromatic rings. The Morgan fingerprint density at radius 2 is 1.70 bits per heavy atom. The van der Waals surface area contributed by atoms with Gasteiger partial charge in [0.05, 0.1) is 56.0 Å². The molecule has 1 saturated heterocycles. The van der Waals surface area contributed by atoms with Gasteiger partial charge in [0.1, 0.15) is 17.3 Å². The number of urea groups is 1. The second-order valence-electron chi connectivity index (χ2n) is 10.8. The van der Waals surface area contributed by atoms with Gasteiger partial charge in [-0.15, -0.1) is 0 Å². The number of nitrogens with two attached hydrogens (primary N) is 1. The number of nitrogens with zero attached hydrogens (tertiary/aromatic N) is 5. The molecular weight excluding hydrogens is 617 g/mol. The van der Waals surface area contributed by atoms with E-state index in [1.807, 2.05) is 5.01 Å². The summed E-state index contributed by atoms with van der Waals surface area (Å²) in [7, 11) is 2.98. The zero-order chi connectivity index (χ0) is 33.1. The summed E-state index contributed by atoms with van der Waals surface area (Å²) in [4.78, 5) is 48.9. The molecule has 0 bridgehead atoms. The van der Waals surface area contributed by atoms with Gasteiger partial charge in [-0.1, -0.05) is 11.6 Å². The van der Waals surface area contributed by atoms with E-state index in [2.05, 4.69) is 5.32 Å². The summed E-state index contributed by atoms with van der Waals surface area (Å²) >= 11 is 6.30. The fourth-order valence-electron chi connectivity index (χ4n) is 5.43. The second-order valence-corrected chi connectivity index (χ2v) is 11.3. The fraction of sp³-hybridized carbons (Fsp3) is 0.312. The molecule has 0 spiro atoms. The monoisotopic (exact) mass is 651 g/mol. The number of anilines is 2. The lowest BCUT2D eigenvalue weighted by Crippen LogP contribution is -2.58. The van der Waals surface area contributed by atoms with E-state index < -0.39 is 23.9 Å². The van der Waals surface area contributed by atoms with Crippen LogP contribution in [0.4, 0.5) is 20.6 Å². The molecule has 242 valence electrons. The largest absolute Gasteiger partial charge is 0.497 e. The van der Waals surface area contributed by atoms with Crippen molar-refractivity contribution < 1.29 is 23.5 Å². The molecule has 1 aromatic heterocycles. The molecular formula is C32H35ClFN7O5. The third-order valence-corrected chi connectivity index (χ3v) is 8.03. The predicted octanol–water partition coefficient (Wildman–Crippen LogP) is 4.13. The summed E-state index contributed by atoms with van der Waals surface area (Å²) in [6, 6.07) is 13.0. The molecule has 0 radical (unpaired) electrons. The van der Waals surface area contributed by atoms with Crippen LogP contribution >= 0.6 is 11.6 Å². The molecule has 3 aromatic carbocycles. The number of halogens is 2. The number of benzene rings is 3. The number of methoxy groups -OCH3 is 2. The topological polar surface area (TPSA) is 135 Å². The van der Waals surface area contributed by atoms with Crippen LogP contribution in [0.1, 0.15) is 25.7 Å². The summed E-state index contributed by atoms with van der Waals surface area (Å²) in [5.41, 5.74) is 6.52. The molecule has 0 unspecified atom stereocenters. The average molecular weight is 652 g/mol. The van der Waals surface area contributed by atoms with Gasteiger partial charge >= 0.3 is 6.03 Å². The molecule has 3 amide bonds.